The van der Waals surface area contributed by atoms with Crippen LogP contribution in [0.15, 0.2) is 30.3 Å². The fourth-order valence-corrected chi connectivity index (χ4v) is 8.83. The summed E-state index contributed by atoms with van der Waals surface area (Å²) in [6.45, 7) is 4.82. The maximum atomic E-state index is 12.3. The van der Waals surface area contributed by atoms with E-state index in [2.05, 4.69) is 44.2 Å². The number of ketones is 1. The average molecular weight is 395 g/mol. The Morgan fingerprint density at radius 2 is 1.69 bits per heavy atom. The predicted molar refractivity (Wildman–Crippen MR) is 111 cm³/mol. The lowest BCUT2D eigenvalue weighted by molar-refractivity contribution is -0.153. The van der Waals surface area contributed by atoms with Crippen molar-refractivity contribution >= 4 is 5.78 Å². The molecule has 0 amide bonds. The van der Waals surface area contributed by atoms with Gasteiger partial charge in [0.15, 0.2) is 5.78 Å². The first-order chi connectivity index (χ1) is 13.8. The highest BCUT2D eigenvalue weighted by molar-refractivity contribution is 5.88. The molecule has 0 aromatic heterocycles. The molecule has 0 unspecified atom stereocenters. The fourth-order valence-electron chi connectivity index (χ4n) is 8.83. The Balaban J connectivity index is 1.30. The quantitative estimate of drug-likeness (QED) is 0.740. The average Bonchev–Trinajstić information content (AvgIpc) is 3.40. The molecular formula is C26H34O3. The standard InChI is InChI=1S/C26H34O3/c1-23-12-9-20-18(8-15-26-22(29-26)21(27)11-13-24(20,26)2)19(23)10-14-25(23,28)16-17-6-4-3-5-7-17/h3-7,18-20,22,28H,8-16H2,1-2H3/t18-,19-,20-,22-,23-,24+,25+,26-/m0/s1. The van der Waals surface area contributed by atoms with E-state index < -0.39 is 5.60 Å². The molecule has 0 radical (unpaired) electrons. The molecule has 1 spiro atoms. The lowest BCUT2D eigenvalue weighted by Crippen LogP contribution is -2.60. The predicted octanol–water partition coefficient (Wildman–Crippen LogP) is 4.70. The van der Waals surface area contributed by atoms with Crippen LogP contribution in [0.1, 0.15) is 70.8 Å². The number of epoxide rings is 1. The maximum Gasteiger partial charge on any atom is 0.164 e. The minimum Gasteiger partial charge on any atom is -0.389 e. The first-order valence-corrected chi connectivity index (χ1v) is 11.8. The van der Waals surface area contributed by atoms with Crippen molar-refractivity contribution in [2.24, 2.45) is 28.6 Å². The van der Waals surface area contributed by atoms with Crippen LogP contribution in [0.2, 0.25) is 0 Å². The fraction of sp³-hybridized carbons (Fsp3) is 0.731. The Hall–Kier alpha value is -1.19. The molecule has 4 saturated carbocycles. The second-order valence-electron chi connectivity index (χ2n) is 11.4. The van der Waals surface area contributed by atoms with Crippen molar-refractivity contribution in [2.75, 3.05) is 0 Å². The summed E-state index contributed by atoms with van der Waals surface area (Å²) in [5.74, 6) is 2.26. The van der Waals surface area contributed by atoms with Gasteiger partial charge in [-0.25, -0.2) is 0 Å². The lowest BCUT2D eigenvalue weighted by Gasteiger charge is -2.60. The van der Waals surface area contributed by atoms with Crippen molar-refractivity contribution in [2.45, 2.75) is 88.9 Å². The van der Waals surface area contributed by atoms with E-state index in [9.17, 15) is 9.90 Å². The van der Waals surface area contributed by atoms with Gasteiger partial charge < -0.3 is 9.84 Å². The Morgan fingerprint density at radius 3 is 2.48 bits per heavy atom. The van der Waals surface area contributed by atoms with Crippen molar-refractivity contribution in [3.63, 3.8) is 0 Å². The van der Waals surface area contributed by atoms with Crippen LogP contribution in [0.4, 0.5) is 0 Å². The topological polar surface area (TPSA) is 49.8 Å². The molecule has 3 nitrogen and oxygen atoms in total. The number of hydrogen-bond acceptors (Lipinski definition) is 3. The Labute approximate surface area is 174 Å². The van der Waals surface area contributed by atoms with Gasteiger partial charge in [0.2, 0.25) is 0 Å². The van der Waals surface area contributed by atoms with E-state index in [0.29, 0.717) is 30.0 Å². The van der Waals surface area contributed by atoms with Gasteiger partial charge >= 0.3 is 0 Å². The molecule has 1 aliphatic heterocycles. The number of ether oxygens (including phenoxy) is 1. The molecule has 1 heterocycles. The van der Waals surface area contributed by atoms with Gasteiger partial charge in [0.05, 0.1) is 5.60 Å². The highest BCUT2D eigenvalue weighted by atomic mass is 16.6. The second-order valence-corrected chi connectivity index (χ2v) is 11.4. The zero-order valence-corrected chi connectivity index (χ0v) is 17.8. The van der Waals surface area contributed by atoms with Crippen LogP contribution < -0.4 is 0 Å². The molecule has 5 aliphatic rings. The summed E-state index contributed by atoms with van der Waals surface area (Å²) in [5, 5.41) is 11.9. The van der Waals surface area contributed by atoms with Crippen molar-refractivity contribution in [1.29, 1.82) is 0 Å². The van der Waals surface area contributed by atoms with Crippen LogP contribution in [0.25, 0.3) is 0 Å². The van der Waals surface area contributed by atoms with Crippen LogP contribution in [0, 0.1) is 28.6 Å². The SMILES string of the molecule is C[C@]12CC[C@H]3[C@@H](CC[C@]45O[C@H]4C(=O)CC[C@]35C)[C@@H]1CC[C@@]2(O)Cc1ccccc1. The molecule has 5 fully saturated rings. The summed E-state index contributed by atoms with van der Waals surface area (Å²) in [6.07, 6.45) is 8.94. The van der Waals surface area contributed by atoms with Gasteiger partial charge in [0.1, 0.15) is 11.7 Å². The molecule has 29 heavy (non-hydrogen) atoms. The number of Topliss-reactive ketones (excluding diaryl/α,β-unsaturated/α-hetero) is 1. The van der Waals surface area contributed by atoms with Gasteiger partial charge in [-0.3, -0.25) is 4.79 Å². The summed E-state index contributed by atoms with van der Waals surface area (Å²) in [5.41, 5.74) is 0.667. The number of carbonyl (C=O) groups excluding carboxylic acids is 1. The van der Waals surface area contributed by atoms with Crippen LogP contribution in [0.5, 0.6) is 0 Å². The molecular weight excluding hydrogens is 360 g/mol. The van der Waals surface area contributed by atoms with E-state index in [1.807, 2.05) is 0 Å². The zero-order chi connectivity index (χ0) is 20.1. The van der Waals surface area contributed by atoms with Crippen molar-refractivity contribution in [1.82, 2.24) is 0 Å². The molecule has 6 rings (SSSR count). The van der Waals surface area contributed by atoms with Crippen LogP contribution >= 0.6 is 0 Å². The first-order valence-electron chi connectivity index (χ1n) is 11.8. The number of rotatable bonds is 2. The van der Waals surface area contributed by atoms with E-state index in [-0.39, 0.29) is 22.5 Å². The van der Waals surface area contributed by atoms with Gasteiger partial charge in [0, 0.05) is 18.3 Å². The van der Waals surface area contributed by atoms with E-state index in [1.54, 1.807) is 0 Å². The highest BCUT2D eigenvalue weighted by Crippen LogP contribution is 2.73. The summed E-state index contributed by atoms with van der Waals surface area (Å²) >= 11 is 0. The Kier molecular flexibility index (Phi) is 3.67. The Morgan fingerprint density at radius 1 is 0.966 bits per heavy atom. The molecule has 3 heteroatoms. The van der Waals surface area contributed by atoms with E-state index in [0.717, 1.165) is 38.5 Å². The zero-order valence-electron chi connectivity index (χ0n) is 17.8. The third-order valence-electron chi connectivity index (χ3n) is 10.6. The number of aliphatic hydroxyl groups is 1. The number of fused-ring (bicyclic) bond motifs is 4. The highest BCUT2D eigenvalue weighted by Gasteiger charge is 2.77. The first kappa shape index (κ1) is 18.6. The van der Waals surface area contributed by atoms with Crippen LogP contribution in [-0.4, -0.2) is 28.2 Å². The third-order valence-corrected chi connectivity index (χ3v) is 10.6. The van der Waals surface area contributed by atoms with Gasteiger partial charge in [0.25, 0.3) is 0 Å². The monoisotopic (exact) mass is 394 g/mol. The number of carbonyl (C=O) groups is 1. The van der Waals surface area contributed by atoms with Gasteiger partial charge in [-0.05, 0) is 73.7 Å². The van der Waals surface area contributed by atoms with E-state index in [4.69, 9.17) is 4.74 Å². The number of hydrogen-bond donors (Lipinski definition) is 1. The maximum absolute atomic E-state index is 12.3. The van der Waals surface area contributed by atoms with E-state index in [1.165, 1.54) is 18.4 Å². The smallest absolute Gasteiger partial charge is 0.164 e. The van der Waals surface area contributed by atoms with Crippen molar-refractivity contribution < 1.29 is 14.6 Å². The summed E-state index contributed by atoms with van der Waals surface area (Å²) < 4.78 is 6.19. The molecule has 4 aliphatic carbocycles. The van der Waals surface area contributed by atoms with Crippen molar-refractivity contribution in [3.05, 3.63) is 35.9 Å². The molecule has 1 aromatic carbocycles. The normalized spacial score (nSPS) is 52.9. The molecule has 156 valence electrons. The third kappa shape index (κ3) is 2.19. The van der Waals surface area contributed by atoms with Crippen LogP contribution in [0.3, 0.4) is 0 Å². The molecule has 1 saturated heterocycles. The largest absolute Gasteiger partial charge is 0.389 e. The van der Waals surface area contributed by atoms with Crippen LogP contribution in [-0.2, 0) is 16.0 Å². The van der Waals surface area contributed by atoms with E-state index >= 15 is 0 Å². The summed E-state index contributed by atoms with van der Waals surface area (Å²) in [7, 11) is 0. The minimum absolute atomic E-state index is 0.000826. The Bertz CT molecular complexity index is 851. The summed E-state index contributed by atoms with van der Waals surface area (Å²) in [4.78, 5) is 12.3. The van der Waals surface area contributed by atoms with Gasteiger partial charge in [-0.1, -0.05) is 44.2 Å². The number of benzene rings is 1. The van der Waals surface area contributed by atoms with Crippen molar-refractivity contribution in [3.8, 4) is 0 Å². The molecule has 1 aromatic rings. The van der Waals surface area contributed by atoms with Gasteiger partial charge in [-0.15, -0.1) is 0 Å². The molecule has 1 N–H and O–H groups in total. The van der Waals surface area contributed by atoms with Gasteiger partial charge in [-0.2, -0.15) is 0 Å². The summed E-state index contributed by atoms with van der Waals surface area (Å²) in [6, 6.07) is 10.5. The molecule has 0 bridgehead atoms. The lowest BCUT2D eigenvalue weighted by atomic mass is 9.44. The molecule has 8 atom stereocenters. The minimum atomic E-state index is -0.596. The second kappa shape index (κ2) is 5.73.